The van der Waals surface area contributed by atoms with Crippen LogP contribution < -0.4 is 18.9 Å². The molecular formula is C23H24N6O6. The maximum atomic E-state index is 9.32. The number of ether oxygens (including phenoxy) is 6. The fraction of sp³-hybridized carbons (Fsp3) is 0.478. The van der Waals surface area contributed by atoms with Gasteiger partial charge in [0.05, 0.1) is 24.3 Å². The Labute approximate surface area is 200 Å². The van der Waals surface area contributed by atoms with Crippen molar-refractivity contribution < 1.29 is 28.4 Å². The average Bonchev–Trinajstić information content (AvgIpc) is 3.56. The van der Waals surface area contributed by atoms with E-state index in [1.54, 1.807) is 13.8 Å². The van der Waals surface area contributed by atoms with Gasteiger partial charge in [-0.3, -0.25) is 0 Å². The zero-order valence-corrected chi connectivity index (χ0v) is 19.2. The van der Waals surface area contributed by atoms with E-state index in [1.165, 1.54) is 0 Å². The van der Waals surface area contributed by atoms with Crippen LogP contribution >= 0.6 is 0 Å². The minimum absolute atomic E-state index is 0.169. The molecule has 0 amide bonds. The van der Waals surface area contributed by atoms with E-state index in [-0.39, 0.29) is 13.6 Å². The molecule has 3 aliphatic rings. The monoisotopic (exact) mass is 480 g/mol. The molecule has 3 heterocycles. The molecule has 4 atom stereocenters. The van der Waals surface area contributed by atoms with Crippen molar-refractivity contribution in [2.45, 2.75) is 56.8 Å². The van der Waals surface area contributed by atoms with E-state index in [0.717, 1.165) is 11.1 Å². The van der Waals surface area contributed by atoms with Gasteiger partial charge in [-0.05, 0) is 73.1 Å². The molecule has 12 nitrogen and oxygen atoms in total. The summed E-state index contributed by atoms with van der Waals surface area (Å²) in [4.78, 5) is 6.12. The molecule has 0 unspecified atom stereocenters. The molecule has 182 valence electrons. The van der Waals surface area contributed by atoms with Crippen molar-refractivity contribution in [2.24, 2.45) is 10.2 Å². The molecule has 1 fully saturated rings. The van der Waals surface area contributed by atoms with Crippen LogP contribution in [0.25, 0.3) is 20.9 Å². The summed E-state index contributed by atoms with van der Waals surface area (Å²) >= 11 is 0. The summed E-state index contributed by atoms with van der Waals surface area (Å²) in [7, 11) is 0. The summed E-state index contributed by atoms with van der Waals surface area (Å²) in [6, 6.07) is 9.88. The maximum Gasteiger partial charge on any atom is 0.231 e. The van der Waals surface area contributed by atoms with Crippen molar-refractivity contribution in [1.29, 1.82) is 0 Å². The van der Waals surface area contributed by atoms with E-state index in [2.05, 4.69) is 20.1 Å². The van der Waals surface area contributed by atoms with Crippen LogP contribution in [0.15, 0.2) is 46.6 Å². The van der Waals surface area contributed by atoms with Crippen LogP contribution in [0.3, 0.4) is 0 Å². The van der Waals surface area contributed by atoms with Gasteiger partial charge in [0.1, 0.15) is 0 Å². The minimum atomic E-state index is -0.967. The number of rotatable bonds is 8. The van der Waals surface area contributed by atoms with Crippen LogP contribution in [0, 0.1) is 0 Å². The van der Waals surface area contributed by atoms with Gasteiger partial charge < -0.3 is 28.4 Å². The van der Waals surface area contributed by atoms with Crippen molar-refractivity contribution in [1.82, 2.24) is 0 Å². The van der Waals surface area contributed by atoms with Gasteiger partial charge in [-0.15, -0.1) is 0 Å². The molecule has 0 saturated carbocycles. The molecule has 3 aliphatic heterocycles. The maximum absolute atomic E-state index is 9.32. The number of hydrogen-bond donors (Lipinski definition) is 0. The highest BCUT2D eigenvalue weighted by Gasteiger charge is 2.48. The molecule has 0 aromatic heterocycles. The first-order valence-corrected chi connectivity index (χ1v) is 11.2. The SMILES string of the molecule is CC1(C)O[C@@H]([C@@H](Cc2ccc3c(c2)OCO3)N=[N+]=[N-])[C@H]([C@@H](Cc2ccc3c(c2)OCO3)N=[N+]=[N-])O1. The van der Waals surface area contributed by atoms with E-state index in [1.807, 2.05) is 36.4 Å². The highest BCUT2D eigenvalue weighted by Crippen LogP contribution is 2.38. The number of nitrogens with zero attached hydrogens (tertiary/aromatic N) is 6. The third-order valence-corrected chi connectivity index (χ3v) is 6.09. The summed E-state index contributed by atoms with van der Waals surface area (Å²) in [5.74, 6) is 1.64. The van der Waals surface area contributed by atoms with Crippen LogP contribution in [0.4, 0.5) is 0 Å². The molecule has 1 saturated heterocycles. The van der Waals surface area contributed by atoms with Crippen LogP contribution in [0.2, 0.25) is 0 Å². The average molecular weight is 480 g/mol. The largest absolute Gasteiger partial charge is 0.454 e. The van der Waals surface area contributed by atoms with Gasteiger partial charge in [-0.2, -0.15) is 0 Å². The number of azide groups is 2. The number of benzene rings is 2. The van der Waals surface area contributed by atoms with Crippen molar-refractivity contribution in [3.05, 3.63) is 68.4 Å². The Morgan fingerprint density at radius 3 is 1.63 bits per heavy atom. The molecule has 0 N–H and O–H groups in total. The number of hydrogen-bond acceptors (Lipinski definition) is 8. The van der Waals surface area contributed by atoms with E-state index in [4.69, 9.17) is 28.4 Å². The molecular weight excluding hydrogens is 456 g/mol. The zero-order valence-electron chi connectivity index (χ0n) is 19.2. The van der Waals surface area contributed by atoms with Crippen LogP contribution in [0.5, 0.6) is 23.0 Å². The lowest BCUT2D eigenvalue weighted by Gasteiger charge is -2.27. The van der Waals surface area contributed by atoms with Gasteiger partial charge in [0, 0.05) is 9.82 Å². The zero-order chi connectivity index (χ0) is 24.4. The lowest BCUT2D eigenvalue weighted by molar-refractivity contribution is -0.149. The fourth-order valence-corrected chi connectivity index (χ4v) is 4.61. The smallest absolute Gasteiger partial charge is 0.231 e. The summed E-state index contributed by atoms with van der Waals surface area (Å²) in [6.45, 7) is 3.90. The second-order valence-corrected chi connectivity index (χ2v) is 8.89. The Morgan fingerprint density at radius 1 is 0.771 bits per heavy atom. The predicted molar refractivity (Wildman–Crippen MR) is 122 cm³/mol. The second-order valence-electron chi connectivity index (χ2n) is 8.89. The quantitative estimate of drug-likeness (QED) is 0.300. The van der Waals surface area contributed by atoms with Crippen molar-refractivity contribution in [3.8, 4) is 23.0 Å². The van der Waals surface area contributed by atoms with Gasteiger partial charge in [0.25, 0.3) is 0 Å². The molecule has 0 radical (unpaired) electrons. The summed E-state index contributed by atoms with van der Waals surface area (Å²) < 4.78 is 34.1. The first kappa shape index (κ1) is 22.9. The summed E-state index contributed by atoms with van der Waals surface area (Å²) in [5, 5.41) is 8.08. The number of fused-ring (bicyclic) bond motifs is 2. The van der Waals surface area contributed by atoms with Crippen molar-refractivity contribution in [2.75, 3.05) is 13.6 Å². The Balaban J connectivity index is 1.42. The molecule has 12 heteroatoms. The third-order valence-electron chi connectivity index (χ3n) is 6.09. The minimum Gasteiger partial charge on any atom is -0.454 e. The van der Waals surface area contributed by atoms with E-state index >= 15 is 0 Å². The Bertz CT molecular complexity index is 1120. The third kappa shape index (κ3) is 4.87. The summed E-state index contributed by atoms with van der Waals surface area (Å²) in [5.41, 5.74) is 20.4. The Kier molecular flexibility index (Phi) is 6.19. The molecule has 0 bridgehead atoms. The first-order chi connectivity index (χ1) is 17.0. The molecule has 2 aromatic rings. The fourth-order valence-electron chi connectivity index (χ4n) is 4.61. The Morgan fingerprint density at radius 2 is 1.20 bits per heavy atom. The molecule has 0 spiro atoms. The molecule has 5 rings (SSSR count). The van der Waals surface area contributed by atoms with E-state index < -0.39 is 30.1 Å². The molecule has 0 aliphatic carbocycles. The van der Waals surface area contributed by atoms with Crippen molar-refractivity contribution >= 4 is 0 Å². The highest BCUT2D eigenvalue weighted by molar-refractivity contribution is 5.45. The highest BCUT2D eigenvalue weighted by atomic mass is 16.8. The van der Waals surface area contributed by atoms with Crippen LogP contribution in [-0.4, -0.2) is 43.7 Å². The Hall–Kier alpha value is -3.82. The van der Waals surface area contributed by atoms with Gasteiger partial charge >= 0.3 is 0 Å². The lowest BCUT2D eigenvalue weighted by atomic mass is 9.92. The van der Waals surface area contributed by atoms with E-state index in [9.17, 15) is 11.1 Å². The van der Waals surface area contributed by atoms with Crippen LogP contribution in [-0.2, 0) is 22.3 Å². The second kappa shape index (κ2) is 9.44. The normalized spacial score (nSPS) is 22.7. The molecule has 2 aromatic carbocycles. The lowest BCUT2D eigenvalue weighted by Crippen LogP contribution is -2.42. The van der Waals surface area contributed by atoms with E-state index in [0.29, 0.717) is 35.8 Å². The van der Waals surface area contributed by atoms with Crippen molar-refractivity contribution in [3.63, 3.8) is 0 Å². The summed E-state index contributed by atoms with van der Waals surface area (Å²) in [6.07, 6.45) is -0.575. The first-order valence-electron chi connectivity index (χ1n) is 11.2. The molecule has 35 heavy (non-hydrogen) atoms. The van der Waals surface area contributed by atoms with Gasteiger partial charge in [0.2, 0.25) is 13.6 Å². The van der Waals surface area contributed by atoms with Crippen LogP contribution in [0.1, 0.15) is 25.0 Å². The van der Waals surface area contributed by atoms with Gasteiger partial charge in [-0.1, -0.05) is 22.4 Å². The van der Waals surface area contributed by atoms with Gasteiger partial charge in [0.15, 0.2) is 28.8 Å². The predicted octanol–water partition coefficient (Wildman–Crippen LogP) is 4.81. The van der Waals surface area contributed by atoms with Gasteiger partial charge in [-0.25, -0.2) is 0 Å². The standard InChI is InChI=1S/C23H24N6O6/c1-23(2)34-21(15(26-28-24)7-13-3-5-17-19(9-13)32-11-30-17)22(35-23)16(27-29-25)8-14-4-6-18-20(10-14)33-12-31-18/h3-6,9-10,15-16,21-22H,7-8,11-12H2,1-2H3/t15-,16-,21+,22+/m1/s1. The topological polar surface area (TPSA) is 153 Å².